The maximum Gasteiger partial charge on any atom is 0.0414 e. The van der Waals surface area contributed by atoms with Crippen molar-refractivity contribution < 1.29 is 9.90 Å². The fraction of sp³-hybridized carbons (Fsp3) is 0.857. The van der Waals surface area contributed by atoms with Crippen molar-refractivity contribution in [1.82, 2.24) is 6.15 Å². The van der Waals surface area contributed by atoms with Crippen LogP contribution in [0.1, 0.15) is 39.0 Å². The Hall–Kier alpha value is -0.570. The van der Waals surface area contributed by atoms with Crippen LogP contribution in [0.3, 0.4) is 0 Å². The molecule has 0 unspecified atom stereocenters. The number of carboxylic acid groups (broad SMARTS) is 1. The Morgan fingerprint density at radius 1 is 1.30 bits per heavy atom. The van der Waals surface area contributed by atoms with E-state index in [2.05, 4.69) is 6.92 Å². The zero-order valence-corrected chi connectivity index (χ0v) is 6.85. The van der Waals surface area contributed by atoms with Crippen molar-refractivity contribution in [2.24, 2.45) is 0 Å². The average Bonchev–Trinajstić information content (AvgIpc) is 1.80. The van der Waals surface area contributed by atoms with Gasteiger partial charge in [-0.25, -0.2) is 0 Å². The van der Waals surface area contributed by atoms with Crippen LogP contribution in [0, 0.1) is 0 Å². The van der Waals surface area contributed by atoms with E-state index in [1.165, 1.54) is 0 Å². The maximum atomic E-state index is 9.85. The van der Waals surface area contributed by atoms with Gasteiger partial charge >= 0.3 is 0 Å². The van der Waals surface area contributed by atoms with E-state index in [1.54, 1.807) is 0 Å². The zero-order chi connectivity index (χ0) is 7.11. The number of rotatable bonds is 5. The van der Waals surface area contributed by atoms with Gasteiger partial charge in [0.25, 0.3) is 0 Å². The number of unbranched alkanes of at least 4 members (excludes halogenated alkanes) is 3. The van der Waals surface area contributed by atoms with Crippen molar-refractivity contribution >= 4 is 5.97 Å². The molecule has 0 amide bonds. The number of carboxylic acids is 1. The number of hydrogen-bond donors (Lipinski definition) is 1. The molecule has 3 heteroatoms. The van der Waals surface area contributed by atoms with E-state index in [0.717, 1.165) is 25.7 Å². The number of quaternary nitrogens is 1. The molecule has 0 saturated heterocycles. The summed E-state index contributed by atoms with van der Waals surface area (Å²) in [5.41, 5.74) is 0. The topological polar surface area (TPSA) is 76.6 Å². The van der Waals surface area contributed by atoms with E-state index in [4.69, 9.17) is 0 Å². The summed E-state index contributed by atoms with van der Waals surface area (Å²) in [6.07, 6.45) is 4.29. The van der Waals surface area contributed by atoms with Gasteiger partial charge in [0.05, 0.1) is 0 Å². The first-order valence-electron chi connectivity index (χ1n) is 3.47. The van der Waals surface area contributed by atoms with Gasteiger partial charge in [0.15, 0.2) is 0 Å². The first kappa shape index (κ1) is 12.1. The number of hydrogen-bond acceptors (Lipinski definition) is 2. The van der Waals surface area contributed by atoms with E-state index in [1.807, 2.05) is 0 Å². The van der Waals surface area contributed by atoms with E-state index < -0.39 is 5.97 Å². The molecule has 0 rings (SSSR count). The quantitative estimate of drug-likeness (QED) is 0.591. The monoisotopic (exact) mass is 147 g/mol. The second-order valence-electron chi connectivity index (χ2n) is 2.18. The van der Waals surface area contributed by atoms with E-state index >= 15 is 0 Å². The molecule has 0 radical (unpaired) electrons. The van der Waals surface area contributed by atoms with Crippen molar-refractivity contribution in [3.63, 3.8) is 0 Å². The van der Waals surface area contributed by atoms with Gasteiger partial charge < -0.3 is 16.1 Å². The van der Waals surface area contributed by atoms with Gasteiger partial charge in [-0.15, -0.1) is 0 Å². The zero-order valence-electron chi connectivity index (χ0n) is 6.85. The second kappa shape index (κ2) is 8.43. The van der Waals surface area contributed by atoms with Crippen molar-refractivity contribution in [2.45, 2.75) is 39.0 Å². The molecule has 0 atom stereocenters. The predicted molar refractivity (Wildman–Crippen MR) is 39.8 cm³/mol. The Balaban J connectivity index is 0. The lowest BCUT2D eigenvalue weighted by Crippen LogP contribution is -2.21. The fourth-order valence-electron chi connectivity index (χ4n) is 0.696. The average molecular weight is 147 g/mol. The normalized spacial score (nSPS) is 8.50. The van der Waals surface area contributed by atoms with Crippen molar-refractivity contribution in [1.29, 1.82) is 0 Å². The molecule has 0 spiro atoms. The van der Waals surface area contributed by atoms with Gasteiger partial charge in [-0.05, 0) is 12.8 Å². The Kier molecular flexibility index (Phi) is 10.2. The van der Waals surface area contributed by atoms with Crippen molar-refractivity contribution in [3.8, 4) is 0 Å². The van der Waals surface area contributed by atoms with Crippen LogP contribution in [0.5, 0.6) is 0 Å². The summed E-state index contributed by atoms with van der Waals surface area (Å²) >= 11 is 0. The molecule has 10 heavy (non-hydrogen) atoms. The summed E-state index contributed by atoms with van der Waals surface area (Å²) in [7, 11) is 0. The smallest absolute Gasteiger partial charge is 0.0414 e. The van der Waals surface area contributed by atoms with Crippen LogP contribution >= 0.6 is 0 Å². The third-order valence-corrected chi connectivity index (χ3v) is 1.23. The van der Waals surface area contributed by atoms with Crippen molar-refractivity contribution in [3.05, 3.63) is 0 Å². The lowest BCUT2D eigenvalue weighted by molar-refractivity contribution is -0.305. The van der Waals surface area contributed by atoms with Crippen LogP contribution in [0.15, 0.2) is 0 Å². The first-order chi connectivity index (χ1) is 4.27. The van der Waals surface area contributed by atoms with Crippen LogP contribution in [0.4, 0.5) is 0 Å². The summed E-state index contributed by atoms with van der Waals surface area (Å²) in [4.78, 5) is 9.85. The summed E-state index contributed by atoms with van der Waals surface area (Å²) in [6.45, 7) is 2.10. The SMILES string of the molecule is CCCCCCC(=O)[O-].[NH4+]. The predicted octanol–water partition coefficient (Wildman–Crippen LogP) is 1.08. The summed E-state index contributed by atoms with van der Waals surface area (Å²) < 4.78 is 0. The molecule has 0 aliphatic heterocycles. The van der Waals surface area contributed by atoms with E-state index in [0.29, 0.717) is 0 Å². The Morgan fingerprint density at radius 3 is 2.30 bits per heavy atom. The van der Waals surface area contributed by atoms with Crippen LogP contribution in [0.25, 0.3) is 0 Å². The third-order valence-electron chi connectivity index (χ3n) is 1.23. The van der Waals surface area contributed by atoms with Crippen LogP contribution in [0.2, 0.25) is 0 Å². The lowest BCUT2D eigenvalue weighted by Gasteiger charge is -1.99. The molecule has 3 nitrogen and oxygen atoms in total. The third kappa shape index (κ3) is 10.4. The Bertz CT molecular complexity index is 83.7. The number of carbonyl (C=O) groups excluding carboxylic acids is 1. The molecule has 0 heterocycles. The lowest BCUT2D eigenvalue weighted by atomic mass is 10.2. The largest absolute Gasteiger partial charge is 0.550 e. The highest BCUT2D eigenvalue weighted by atomic mass is 16.4. The minimum absolute atomic E-state index is 0. The Labute approximate surface area is 62.0 Å². The fourth-order valence-corrected chi connectivity index (χ4v) is 0.696. The number of carbonyl (C=O) groups is 1. The minimum atomic E-state index is -0.925. The highest BCUT2D eigenvalue weighted by Gasteiger charge is 1.86. The summed E-state index contributed by atoms with van der Waals surface area (Å²) in [6, 6.07) is 0. The van der Waals surface area contributed by atoms with Gasteiger partial charge in [0.1, 0.15) is 0 Å². The summed E-state index contributed by atoms with van der Waals surface area (Å²) in [5, 5.41) is 9.85. The molecular weight excluding hydrogens is 130 g/mol. The highest BCUT2D eigenvalue weighted by Crippen LogP contribution is 2.00. The minimum Gasteiger partial charge on any atom is -0.550 e. The van der Waals surface area contributed by atoms with Gasteiger partial charge in [-0.1, -0.05) is 26.2 Å². The van der Waals surface area contributed by atoms with Gasteiger partial charge in [0.2, 0.25) is 0 Å². The molecule has 0 bridgehead atoms. The number of aliphatic carboxylic acids is 1. The summed E-state index contributed by atoms with van der Waals surface area (Å²) in [5.74, 6) is -0.925. The molecular formula is C7H17NO2. The molecule has 0 aromatic heterocycles. The molecule has 0 aromatic rings. The molecule has 0 aliphatic rings. The van der Waals surface area contributed by atoms with Gasteiger partial charge in [0, 0.05) is 5.97 Å². The molecule has 0 fully saturated rings. The van der Waals surface area contributed by atoms with E-state index in [-0.39, 0.29) is 12.6 Å². The molecule has 62 valence electrons. The standard InChI is InChI=1S/C7H14O2.H3N/c1-2-3-4-5-6-7(8)9;/h2-6H2,1H3,(H,8,9);1H3. The van der Waals surface area contributed by atoms with Crippen LogP contribution in [-0.2, 0) is 4.79 Å². The van der Waals surface area contributed by atoms with Crippen molar-refractivity contribution in [2.75, 3.05) is 0 Å². The first-order valence-corrected chi connectivity index (χ1v) is 3.47. The van der Waals surface area contributed by atoms with Crippen LogP contribution < -0.4 is 11.3 Å². The van der Waals surface area contributed by atoms with Gasteiger partial charge in [-0.3, -0.25) is 0 Å². The van der Waals surface area contributed by atoms with E-state index in [9.17, 15) is 9.90 Å². The molecule has 0 aromatic carbocycles. The molecule has 4 N–H and O–H groups in total. The van der Waals surface area contributed by atoms with Gasteiger partial charge in [-0.2, -0.15) is 0 Å². The molecule has 0 saturated carbocycles. The second-order valence-corrected chi connectivity index (χ2v) is 2.18. The highest BCUT2D eigenvalue weighted by molar-refractivity contribution is 5.63. The Morgan fingerprint density at radius 2 is 1.90 bits per heavy atom. The molecule has 0 aliphatic carbocycles. The maximum absolute atomic E-state index is 9.85. The van der Waals surface area contributed by atoms with Crippen LogP contribution in [-0.4, -0.2) is 5.97 Å².